The summed E-state index contributed by atoms with van der Waals surface area (Å²) in [7, 11) is 0. The van der Waals surface area contributed by atoms with E-state index in [1.165, 1.54) is 10.9 Å². The predicted molar refractivity (Wildman–Crippen MR) is 109 cm³/mol. The van der Waals surface area contributed by atoms with E-state index in [1.54, 1.807) is 50.2 Å². The van der Waals surface area contributed by atoms with Gasteiger partial charge in [0.25, 0.3) is 11.5 Å². The molecule has 7 nitrogen and oxygen atoms in total. The van der Waals surface area contributed by atoms with Gasteiger partial charge in [-0.2, -0.15) is 10.2 Å². The number of aromatic nitrogens is 2. The molecule has 3 aromatic rings. The number of nitrogens with zero attached hydrogens (tertiary/aromatic N) is 3. The van der Waals surface area contributed by atoms with Crippen molar-refractivity contribution in [3.8, 4) is 5.75 Å². The summed E-state index contributed by atoms with van der Waals surface area (Å²) in [5.74, 6) is -0.250. The van der Waals surface area contributed by atoms with E-state index in [4.69, 9.17) is 0 Å². The number of phenols is 1. The van der Waals surface area contributed by atoms with Crippen LogP contribution in [0.1, 0.15) is 40.5 Å². The van der Waals surface area contributed by atoms with Crippen molar-refractivity contribution in [1.82, 2.24) is 15.2 Å². The number of hydrazone groups is 1. The van der Waals surface area contributed by atoms with Gasteiger partial charge in [0.15, 0.2) is 5.69 Å². The van der Waals surface area contributed by atoms with Gasteiger partial charge >= 0.3 is 0 Å². The molecule has 1 aromatic heterocycles. The lowest BCUT2D eigenvalue weighted by molar-refractivity contribution is 0.0949. The Balaban J connectivity index is 1.91. The number of amides is 1. The second-order valence-corrected chi connectivity index (χ2v) is 6.62. The maximum Gasteiger partial charge on any atom is 0.292 e. The van der Waals surface area contributed by atoms with Crippen molar-refractivity contribution in [2.24, 2.45) is 5.10 Å². The summed E-state index contributed by atoms with van der Waals surface area (Å²) in [5.41, 5.74) is 4.62. The van der Waals surface area contributed by atoms with Crippen molar-refractivity contribution >= 4 is 22.9 Å². The third kappa shape index (κ3) is 3.78. The van der Waals surface area contributed by atoms with Gasteiger partial charge in [0.1, 0.15) is 5.75 Å². The normalized spacial score (nSPS) is 11.2. The number of hydrogen-bond acceptors (Lipinski definition) is 5. The lowest BCUT2D eigenvalue weighted by Gasteiger charge is -2.09. The average Bonchev–Trinajstić information content (AvgIpc) is 2.68. The second-order valence-electron chi connectivity index (χ2n) is 6.62. The predicted octanol–water partition coefficient (Wildman–Crippen LogP) is 2.89. The highest BCUT2D eigenvalue weighted by Gasteiger charge is 2.16. The zero-order valence-electron chi connectivity index (χ0n) is 16.1. The first-order valence-corrected chi connectivity index (χ1v) is 9.05. The third-order valence-corrected chi connectivity index (χ3v) is 4.41. The highest BCUT2D eigenvalue weighted by atomic mass is 16.3. The number of hydrogen-bond donors (Lipinski definition) is 2. The molecule has 0 spiro atoms. The van der Waals surface area contributed by atoms with E-state index in [2.05, 4.69) is 15.6 Å². The molecule has 144 valence electrons. The summed E-state index contributed by atoms with van der Waals surface area (Å²) in [5, 5.41) is 19.0. The first-order chi connectivity index (χ1) is 13.4. The van der Waals surface area contributed by atoms with Gasteiger partial charge < -0.3 is 5.11 Å². The highest BCUT2D eigenvalue weighted by Crippen LogP contribution is 2.22. The number of carbonyl (C=O) groups excluding carboxylic acids is 1. The number of benzene rings is 2. The quantitative estimate of drug-likeness (QED) is 0.527. The van der Waals surface area contributed by atoms with Crippen LogP contribution in [0.25, 0.3) is 10.8 Å². The van der Waals surface area contributed by atoms with Crippen LogP contribution in [-0.2, 0) is 6.54 Å². The van der Waals surface area contributed by atoms with Crippen LogP contribution in [0.2, 0.25) is 0 Å². The Labute approximate surface area is 162 Å². The molecular formula is C21H22N4O3. The van der Waals surface area contributed by atoms with Crippen LogP contribution >= 0.6 is 0 Å². The molecule has 0 saturated heterocycles. The molecule has 2 aromatic carbocycles. The Morgan fingerprint density at radius 3 is 2.50 bits per heavy atom. The van der Waals surface area contributed by atoms with Crippen LogP contribution in [0, 0.1) is 13.8 Å². The van der Waals surface area contributed by atoms with E-state index in [-0.39, 0.29) is 17.0 Å². The fourth-order valence-electron chi connectivity index (χ4n) is 3.05. The largest absolute Gasteiger partial charge is 0.507 e. The molecule has 0 aliphatic carbocycles. The van der Waals surface area contributed by atoms with Gasteiger partial charge in [-0.05, 0) is 55.2 Å². The monoisotopic (exact) mass is 378 g/mol. The van der Waals surface area contributed by atoms with Crippen molar-refractivity contribution in [1.29, 1.82) is 0 Å². The zero-order valence-corrected chi connectivity index (χ0v) is 16.1. The summed E-state index contributed by atoms with van der Waals surface area (Å²) in [6.45, 7) is 5.96. The third-order valence-electron chi connectivity index (χ3n) is 4.41. The molecule has 0 unspecified atom stereocenters. The van der Waals surface area contributed by atoms with Gasteiger partial charge in [-0.15, -0.1) is 0 Å². The Hall–Kier alpha value is -3.48. The fourth-order valence-corrected chi connectivity index (χ4v) is 3.05. The van der Waals surface area contributed by atoms with Crippen molar-refractivity contribution in [3.05, 3.63) is 69.1 Å². The molecular weight excluding hydrogens is 356 g/mol. The van der Waals surface area contributed by atoms with Crippen LogP contribution in [-0.4, -0.2) is 27.0 Å². The van der Waals surface area contributed by atoms with E-state index in [1.807, 2.05) is 6.92 Å². The van der Waals surface area contributed by atoms with Gasteiger partial charge in [-0.3, -0.25) is 9.59 Å². The van der Waals surface area contributed by atoms with E-state index in [9.17, 15) is 14.7 Å². The van der Waals surface area contributed by atoms with Gasteiger partial charge in [-0.25, -0.2) is 10.1 Å². The van der Waals surface area contributed by atoms with E-state index < -0.39 is 5.91 Å². The molecule has 0 atom stereocenters. The molecule has 2 N–H and O–H groups in total. The minimum atomic E-state index is -0.496. The summed E-state index contributed by atoms with van der Waals surface area (Å²) < 4.78 is 1.31. The van der Waals surface area contributed by atoms with Crippen LogP contribution < -0.4 is 11.0 Å². The van der Waals surface area contributed by atoms with Gasteiger partial charge in [-0.1, -0.05) is 25.1 Å². The highest BCUT2D eigenvalue weighted by molar-refractivity contribution is 6.04. The first kappa shape index (κ1) is 19.3. The number of nitrogens with one attached hydrogen (secondary N) is 1. The lowest BCUT2D eigenvalue weighted by atomic mass is 10.1. The molecule has 0 radical (unpaired) electrons. The second kappa shape index (κ2) is 8.04. The van der Waals surface area contributed by atoms with E-state index in [0.29, 0.717) is 17.3 Å². The maximum absolute atomic E-state index is 12.7. The first-order valence-electron chi connectivity index (χ1n) is 9.05. The number of aryl methyl sites for hydroxylation is 3. The Bertz CT molecular complexity index is 1110. The number of fused-ring (bicyclic) bond motifs is 1. The van der Waals surface area contributed by atoms with Crippen LogP contribution in [0.15, 0.2) is 46.3 Å². The van der Waals surface area contributed by atoms with Crippen LogP contribution in [0.4, 0.5) is 0 Å². The Morgan fingerprint density at radius 1 is 1.21 bits per heavy atom. The fraction of sp³-hybridized carbons (Fsp3) is 0.238. The number of aromatic hydroxyl groups is 1. The summed E-state index contributed by atoms with van der Waals surface area (Å²) in [4.78, 5) is 25.2. The summed E-state index contributed by atoms with van der Waals surface area (Å²) >= 11 is 0. The van der Waals surface area contributed by atoms with Crippen molar-refractivity contribution in [2.75, 3.05) is 0 Å². The molecule has 0 saturated carbocycles. The van der Waals surface area contributed by atoms with Crippen LogP contribution in [0.5, 0.6) is 5.75 Å². The Morgan fingerprint density at radius 2 is 1.86 bits per heavy atom. The lowest BCUT2D eigenvalue weighted by Crippen LogP contribution is -2.29. The molecule has 0 bridgehead atoms. The molecule has 3 rings (SSSR count). The molecule has 28 heavy (non-hydrogen) atoms. The topological polar surface area (TPSA) is 96.6 Å². The molecule has 7 heteroatoms. The van der Waals surface area contributed by atoms with Gasteiger partial charge in [0.05, 0.1) is 11.6 Å². The Kier molecular flexibility index (Phi) is 5.54. The molecule has 0 aliphatic rings. The number of carbonyl (C=O) groups is 1. The number of rotatable bonds is 5. The molecule has 0 fully saturated rings. The minimum Gasteiger partial charge on any atom is -0.507 e. The standard InChI is InChI=1S/C21H22N4O3/c1-4-9-25-21(28)17-8-6-5-7-16(17)18(24-25)20(27)23-22-12-15-10-13(2)19(26)14(3)11-15/h5-8,10-12,26H,4,9H2,1-3H3,(H,23,27)/b22-12+. The van der Waals surface area contributed by atoms with Gasteiger partial charge in [0, 0.05) is 11.9 Å². The SMILES string of the molecule is CCCn1nc(C(=O)N/N=C/c2cc(C)c(O)c(C)c2)c2ccccc2c1=O. The average molecular weight is 378 g/mol. The summed E-state index contributed by atoms with van der Waals surface area (Å²) in [6.07, 6.45) is 2.23. The maximum atomic E-state index is 12.7. The zero-order chi connectivity index (χ0) is 20.3. The molecule has 1 heterocycles. The molecule has 1 amide bonds. The van der Waals surface area contributed by atoms with E-state index >= 15 is 0 Å². The van der Waals surface area contributed by atoms with Crippen molar-refractivity contribution in [2.45, 2.75) is 33.7 Å². The summed E-state index contributed by atoms with van der Waals surface area (Å²) in [6, 6.07) is 10.4. The minimum absolute atomic E-state index is 0.152. The van der Waals surface area contributed by atoms with Crippen LogP contribution in [0.3, 0.4) is 0 Å². The number of phenolic OH excluding ortho intramolecular Hbond substituents is 1. The smallest absolute Gasteiger partial charge is 0.292 e. The van der Waals surface area contributed by atoms with Crippen molar-refractivity contribution in [3.63, 3.8) is 0 Å². The van der Waals surface area contributed by atoms with Gasteiger partial charge in [0.2, 0.25) is 0 Å². The van der Waals surface area contributed by atoms with Crippen molar-refractivity contribution < 1.29 is 9.90 Å². The molecule has 0 aliphatic heterocycles. The van der Waals surface area contributed by atoms with E-state index in [0.717, 1.165) is 23.1 Å².